The second-order valence-electron chi connectivity index (χ2n) is 5.22. The van der Waals surface area contributed by atoms with Gasteiger partial charge in [0.15, 0.2) is 0 Å². The van der Waals surface area contributed by atoms with Crippen LogP contribution in [0.3, 0.4) is 0 Å². The average Bonchev–Trinajstić information content (AvgIpc) is 2.53. The summed E-state index contributed by atoms with van der Waals surface area (Å²) >= 11 is 0. The standard InChI is InChI=1S/C15H22FNO/c1-11-9-13(16)8-7-12(11)10-18-15-6-4-2-3-5-14(15)17/h7-9,14-15H,2-6,10,17H2,1H3. The minimum atomic E-state index is -0.192. The normalized spacial score (nSPS) is 24.8. The Morgan fingerprint density at radius 3 is 2.83 bits per heavy atom. The fraction of sp³-hybridized carbons (Fsp3) is 0.600. The lowest BCUT2D eigenvalue weighted by molar-refractivity contribution is 0.0192. The first-order valence-electron chi connectivity index (χ1n) is 6.79. The Morgan fingerprint density at radius 1 is 1.28 bits per heavy atom. The van der Waals surface area contributed by atoms with Crippen LogP contribution in [0.25, 0.3) is 0 Å². The van der Waals surface area contributed by atoms with Gasteiger partial charge in [-0.05, 0) is 43.0 Å². The molecule has 0 aliphatic heterocycles. The summed E-state index contributed by atoms with van der Waals surface area (Å²) in [5.41, 5.74) is 8.11. The Bertz CT molecular complexity index is 394. The number of hydrogen-bond acceptors (Lipinski definition) is 2. The van der Waals surface area contributed by atoms with E-state index in [1.54, 1.807) is 12.1 Å². The van der Waals surface area contributed by atoms with Crippen molar-refractivity contribution in [3.05, 3.63) is 35.1 Å². The predicted octanol–water partition coefficient (Wildman–Crippen LogP) is 3.31. The van der Waals surface area contributed by atoms with Crippen molar-refractivity contribution in [2.45, 2.75) is 57.8 Å². The minimum Gasteiger partial charge on any atom is -0.372 e. The highest BCUT2D eigenvalue weighted by atomic mass is 19.1. The van der Waals surface area contributed by atoms with Crippen LogP contribution in [-0.2, 0) is 11.3 Å². The van der Waals surface area contributed by atoms with Crippen molar-refractivity contribution < 1.29 is 9.13 Å². The lowest BCUT2D eigenvalue weighted by Crippen LogP contribution is -2.35. The third-order valence-electron chi connectivity index (χ3n) is 3.76. The van der Waals surface area contributed by atoms with Crippen LogP contribution in [0.1, 0.15) is 43.2 Å². The van der Waals surface area contributed by atoms with Crippen LogP contribution < -0.4 is 5.73 Å². The summed E-state index contributed by atoms with van der Waals surface area (Å²) in [7, 11) is 0. The van der Waals surface area contributed by atoms with Gasteiger partial charge in [-0.15, -0.1) is 0 Å². The lowest BCUT2D eigenvalue weighted by atomic mass is 10.1. The molecule has 1 aromatic carbocycles. The van der Waals surface area contributed by atoms with E-state index >= 15 is 0 Å². The van der Waals surface area contributed by atoms with Crippen molar-refractivity contribution in [2.75, 3.05) is 0 Å². The van der Waals surface area contributed by atoms with Gasteiger partial charge in [0.1, 0.15) is 5.82 Å². The number of halogens is 1. The summed E-state index contributed by atoms with van der Waals surface area (Å²) in [5, 5.41) is 0. The van der Waals surface area contributed by atoms with E-state index < -0.39 is 0 Å². The molecule has 3 heteroatoms. The highest BCUT2D eigenvalue weighted by molar-refractivity contribution is 5.25. The molecule has 0 radical (unpaired) electrons. The number of nitrogens with two attached hydrogens (primary N) is 1. The van der Waals surface area contributed by atoms with E-state index in [1.807, 2.05) is 6.92 Å². The topological polar surface area (TPSA) is 35.2 Å². The van der Waals surface area contributed by atoms with E-state index in [4.69, 9.17) is 10.5 Å². The third kappa shape index (κ3) is 3.53. The van der Waals surface area contributed by atoms with Crippen molar-refractivity contribution in [1.29, 1.82) is 0 Å². The zero-order valence-corrected chi connectivity index (χ0v) is 11.0. The fourth-order valence-corrected chi connectivity index (χ4v) is 2.53. The maximum Gasteiger partial charge on any atom is 0.123 e. The fourth-order valence-electron chi connectivity index (χ4n) is 2.53. The summed E-state index contributed by atoms with van der Waals surface area (Å²) in [6.07, 6.45) is 5.89. The van der Waals surface area contributed by atoms with Gasteiger partial charge in [-0.25, -0.2) is 4.39 Å². The molecule has 0 aromatic heterocycles. The van der Waals surface area contributed by atoms with E-state index in [0.29, 0.717) is 6.61 Å². The van der Waals surface area contributed by atoms with E-state index in [0.717, 1.165) is 24.0 Å². The molecular formula is C15H22FNO. The smallest absolute Gasteiger partial charge is 0.123 e. The van der Waals surface area contributed by atoms with E-state index in [-0.39, 0.29) is 18.0 Å². The molecule has 2 N–H and O–H groups in total. The molecule has 0 amide bonds. The Labute approximate surface area is 108 Å². The summed E-state index contributed by atoms with van der Waals surface area (Å²) in [5.74, 6) is -0.192. The largest absolute Gasteiger partial charge is 0.372 e. The van der Waals surface area contributed by atoms with Gasteiger partial charge in [-0.1, -0.05) is 25.3 Å². The molecule has 1 fully saturated rings. The van der Waals surface area contributed by atoms with Crippen LogP contribution in [0.15, 0.2) is 18.2 Å². The number of ether oxygens (including phenoxy) is 1. The van der Waals surface area contributed by atoms with Gasteiger partial charge >= 0.3 is 0 Å². The number of aryl methyl sites for hydroxylation is 1. The van der Waals surface area contributed by atoms with Crippen LogP contribution in [0.2, 0.25) is 0 Å². The van der Waals surface area contributed by atoms with Crippen molar-refractivity contribution in [3.8, 4) is 0 Å². The maximum absolute atomic E-state index is 13.0. The molecule has 0 bridgehead atoms. The second-order valence-corrected chi connectivity index (χ2v) is 5.22. The summed E-state index contributed by atoms with van der Waals surface area (Å²) in [6, 6.07) is 4.98. The minimum absolute atomic E-state index is 0.147. The summed E-state index contributed by atoms with van der Waals surface area (Å²) < 4.78 is 18.9. The van der Waals surface area contributed by atoms with Crippen molar-refractivity contribution in [1.82, 2.24) is 0 Å². The van der Waals surface area contributed by atoms with Crippen LogP contribution in [0, 0.1) is 12.7 Å². The molecule has 2 unspecified atom stereocenters. The highest BCUT2D eigenvalue weighted by Gasteiger charge is 2.21. The van der Waals surface area contributed by atoms with Crippen molar-refractivity contribution in [3.63, 3.8) is 0 Å². The molecule has 18 heavy (non-hydrogen) atoms. The summed E-state index contributed by atoms with van der Waals surface area (Å²) in [6.45, 7) is 2.44. The molecule has 1 aliphatic rings. The van der Waals surface area contributed by atoms with Crippen molar-refractivity contribution in [2.24, 2.45) is 5.73 Å². The predicted molar refractivity (Wildman–Crippen MR) is 70.8 cm³/mol. The quantitative estimate of drug-likeness (QED) is 0.836. The number of benzene rings is 1. The molecule has 0 heterocycles. The van der Waals surface area contributed by atoms with E-state index in [1.165, 1.54) is 25.3 Å². The van der Waals surface area contributed by atoms with Gasteiger partial charge in [0.25, 0.3) is 0 Å². The van der Waals surface area contributed by atoms with Gasteiger partial charge in [-0.3, -0.25) is 0 Å². The van der Waals surface area contributed by atoms with Gasteiger partial charge in [-0.2, -0.15) is 0 Å². The molecule has 1 saturated carbocycles. The van der Waals surface area contributed by atoms with Crippen LogP contribution >= 0.6 is 0 Å². The first kappa shape index (κ1) is 13.5. The number of hydrogen-bond donors (Lipinski definition) is 1. The van der Waals surface area contributed by atoms with Gasteiger partial charge in [0, 0.05) is 6.04 Å². The monoisotopic (exact) mass is 251 g/mol. The first-order chi connectivity index (χ1) is 8.66. The SMILES string of the molecule is Cc1cc(F)ccc1COC1CCCCCC1N. The molecule has 2 nitrogen and oxygen atoms in total. The van der Waals surface area contributed by atoms with Gasteiger partial charge in [0.05, 0.1) is 12.7 Å². The van der Waals surface area contributed by atoms with Crippen molar-refractivity contribution >= 4 is 0 Å². The van der Waals surface area contributed by atoms with E-state index in [2.05, 4.69) is 0 Å². The zero-order chi connectivity index (χ0) is 13.0. The van der Waals surface area contributed by atoms with Gasteiger partial charge in [0.2, 0.25) is 0 Å². The van der Waals surface area contributed by atoms with Crippen LogP contribution in [0.4, 0.5) is 4.39 Å². The van der Waals surface area contributed by atoms with Crippen LogP contribution in [0.5, 0.6) is 0 Å². The zero-order valence-electron chi connectivity index (χ0n) is 11.0. The maximum atomic E-state index is 13.0. The van der Waals surface area contributed by atoms with E-state index in [9.17, 15) is 4.39 Å². The Morgan fingerprint density at radius 2 is 2.06 bits per heavy atom. The second kappa shape index (κ2) is 6.30. The first-order valence-corrected chi connectivity index (χ1v) is 6.79. The van der Waals surface area contributed by atoms with Gasteiger partial charge < -0.3 is 10.5 Å². The molecular weight excluding hydrogens is 229 g/mol. The lowest BCUT2D eigenvalue weighted by Gasteiger charge is -2.22. The third-order valence-corrected chi connectivity index (χ3v) is 3.76. The summed E-state index contributed by atoms with van der Waals surface area (Å²) in [4.78, 5) is 0. The molecule has 2 rings (SSSR count). The molecule has 1 aromatic rings. The molecule has 100 valence electrons. The highest BCUT2D eigenvalue weighted by Crippen LogP contribution is 2.21. The number of rotatable bonds is 3. The Kier molecular flexibility index (Phi) is 4.72. The molecule has 1 aliphatic carbocycles. The molecule has 2 atom stereocenters. The Hall–Kier alpha value is -0.930. The molecule has 0 spiro atoms. The molecule has 0 saturated heterocycles. The Balaban J connectivity index is 1.93. The average molecular weight is 251 g/mol. The van der Waals surface area contributed by atoms with Crippen LogP contribution in [-0.4, -0.2) is 12.1 Å².